The Balaban J connectivity index is 2.45. The minimum Gasteiger partial charge on any atom is -0.487 e. The lowest BCUT2D eigenvalue weighted by Gasteiger charge is -2.33. The van der Waals surface area contributed by atoms with E-state index in [9.17, 15) is 4.79 Å². The molecule has 2 rings (SSSR count). The highest BCUT2D eigenvalue weighted by atomic mass is 16.5. The fourth-order valence-electron chi connectivity index (χ4n) is 1.57. The average Bonchev–Trinajstić information content (AvgIpc) is 2.20. The van der Waals surface area contributed by atoms with E-state index in [4.69, 9.17) is 10.5 Å². The molecule has 1 aliphatic rings. The quantitative estimate of drug-likeness (QED) is 0.524. The summed E-state index contributed by atoms with van der Waals surface area (Å²) in [4.78, 5) is 12.6. The molecule has 0 amide bonds. The molecule has 0 radical (unpaired) electrons. The van der Waals surface area contributed by atoms with Crippen LogP contribution in [0.3, 0.4) is 0 Å². The summed E-state index contributed by atoms with van der Waals surface area (Å²) in [5.41, 5.74) is 7.23. The number of ether oxygens (including phenoxy) is 1. The van der Waals surface area contributed by atoms with Crippen LogP contribution in [0.25, 0.3) is 0 Å². The molecule has 1 unspecified atom stereocenters. The number of benzene rings is 1. The van der Waals surface area contributed by atoms with E-state index in [2.05, 4.69) is 0 Å². The van der Waals surface area contributed by atoms with Crippen molar-refractivity contribution in [3.63, 3.8) is 0 Å². The lowest BCUT2D eigenvalue weighted by atomic mass is 10.1. The van der Waals surface area contributed by atoms with Gasteiger partial charge in [-0.15, -0.1) is 0 Å². The van der Waals surface area contributed by atoms with Crippen molar-refractivity contribution < 1.29 is 9.53 Å². The van der Waals surface area contributed by atoms with Crippen LogP contribution < -0.4 is 15.4 Å². The molecule has 0 fully saturated rings. The number of likely N-dealkylation sites (N-methyl/N-ethyl adjacent to an activating group) is 1. The smallest absolute Gasteiger partial charge is 0.165 e. The third-order valence-electron chi connectivity index (χ3n) is 2.46. The topological polar surface area (TPSA) is 55.6 Å². The SMILES string of the molecule is CN1c2cccc(N)c2OCC1C=O. The lowest BCUT2D eigenvalue weighted by molar-refractivity contribution is -0.109. The van der Waals surface area contributed by atoms with Crippen molar-refractivity contribution in [2.45, 2.75) is 6.04 Å². The van der Waals surface area contributed by atoms with Crippen molar-refractivity contribution in [1.29, 1.82) is 0 Å². The standard InChI is InChI=1S/C10H12N2O2/c1-12-7(5-13)6-14-10-8(11)3-2-4-9(10)12/h2-5,7H,6,11H2,1H3. The van der Waals surface area contributed by atoms with Gasteiger partial charge < -0.3 is 20.2 Å². The zero-order valence-corrected chi connectivity index (χ0v) is 7.93. The Morgan fingerprint density at radius 2 is 2.43 bits per heavy atom. The summed E-state index contributed by atoms with van der Waals surface area (Å²) in [5, 5.41) is 0. The van der Waals surface area contributed by atoms with Crippen LogP contribution in [-0.2, 0) is 4.79 Å². The largest absolute Gasteiger partial charge is 0.487 e. The minimum atomic E-state index is -0.218. The maximum absolute atomic E-state index is 10.7. The van der Waals surface area contributed by atoms with Crippen molar-refractivity contribution in [3.05, 3.63) is 18.2 Å². The number of nitrogens with two attached hydrogens (primary N) is 1. The number of para-hydroxylation sites is 1. The van der Waals surface area contributed by atoms with Crippen molar-refractivity contribution >= 4 is 17.7 Å². The number of rotatable bonds is 1. The van der Waals surface area contributed by atoms with Gasteiger partial charge >= 0.3 is 0 Å². The van der Waals surface area contributed by atoms with Crippen LogP contribution in [-0.4, -0.2) is 26.0 Å². The molecule has 74 valence electrons. The summed E-state index contributed by atoms with van der Waals surface area (Å²) >= 11 is 0. The summed E-state index contributed by atoms with van der Waals surface area (Å²) in [6, 6.07) is 5.31. The molecule has 0 saturated heterocycles. The van der Waals surface area contributed by atoms with E-state index in [1.54, 1.807) is 6.07 Å². The van der Waals surface area contributed by atoms with Gasteiger partial charge in [-0.05, 0) is 12.1 Å². The van der Waals surface area contributed by atoms with Crippen molar-refractivity contribution in [2.24, 2.45) is 0 Å². The highest BCUT2D eigenvalue weighted by Crippen LogP contribution is 2.36. The molecule has 0 aromatic heterocycles. The van der Waals surface area contributed by atoms with E-state index < -0.39 is 0 Å². The number of carbonyl (C=O) groups is 1. The van der Waals surface area contributed by atoms with Gasteiger partial charge in [0.25, 0.3) is 0 Å². The number of hydrogen-bond acceptors (Lipinski definition) is 4. The number of anilines is 2. The average molecular weight is 192 g/mol. The second-order valence-electron chi connectivity index (χ2n) is 3.32. The Morgan fingerprint density at radius 1 is 1.64 bits per heavy atom. The van der Waals surface area contributed by atoms with Crippen LogP contribution in [0.5, 0.6) is 5.75 Å². The third kappa shape index (κ3) is 1.19. The second-order valence-corrected chi connectivity index (χ2v) is 3.32. The number of hydrogen-bond donors (Lipinski definition) is 1. The predicted molar refractivity (Wildman–Crippen MR) is 54.6 cm³/mol. The van der Waals surface area contributed by atoms with Crippen LogP contribution in [0.2, 0.25) is 0 Å². The van der Waals surface area contributed by atoms with Crippen LogP contribution in [0, 0.1) is 0 Å². The van der Waals surface area contributed by atoms with Gasteiger partial charge in [-0.3, -0.25) is 0 Å². The van der Waals surface area contributed by atoms with Gasteiger partial charge in [0.1, 0.15) is 18.9 Å². The Morgan fingerprint density at radius 3 is 3.14 bits per heavy atom. The Kier molecular flexibility index (Phi) is 2.04. The molecule has 1 atom stereocenters. The molecule has 4 nitrogen and oxygen atoms in total. The number of nitrogens with zero attached hydrogens (tertiary/aromatic N) is 1. The number of nitrogen functional groups attached to an aromatic ring is 1. The van der Waals surface area contributed by atoms with E-state index >= 15 is 0 Å². The first-order valence-electron chi connectivity index (χ1n) is 4.43. The fourth-order valence-corrected chi connectivity index (χ4v) is 1.57. The first kappa shape index (κ1) is 8.87. The molecule has 1 heterocycles. The molecule has 1 aromatic carbocycles. The van der Waals surface area contributed by atoms with E-state index in [-0.39, 0.29) is 6.04 Å². The first-order chi connectivity index (χ1) is 6.74. The van der Waals surface area contributed by atoms with Gasteiger partial charge in [-0.25, -0.2) is 0 Å². The first-order valence-corrected chi connectivity index (χ1v) is 4.43. The Bertz CT molecular complexity index is 365. The van der Waals surface area contributed by atoms with E-state index in [1.807, 2.05) is 24.1 Å². The van der Waals surface area contributed by atoms with Gasteiger partial charge in [0.15, 0.2) is 5.75 Å². The number of aldehydes is 1. The van der Waals surface area contributed by atoms with Gasteiger partial charge in [0.05, 0.1) is 11.4 Å². The normalized spacial score (nSPS) is 19.8. The van der Waals surface area contributed by atoms with Gasteiger partial charge in [0.2, 0.25) is 0 Å². The molecular weight excluding hydrogens is 180 g/mol. The zero-order chi connectivity index (χ0) is 10.1. The van der Waals surface area contributed by atoms with E-state index in [0.29, 0.717) is 18.0 Å². The van der Waals surface area contributed by atoms with E-state index in [1.165, 1.54) is 0 Å². The Labute approximate surface area is 82.3 Å². The van der Waals surface area contributed by atoms with Crippen molar-refractivity contribution in [2.75, 3.05) is 24.3 Å². The molecule has 1 aromatic rings. The summed E-state index contributed by atoms with van der Waals surface area (Å²) in [6.07, 6.45) is 0.881. The van der Waals surface area contributed by atoms with Crippen LogP contribution in [0.15, 0.2) is 18.2 Å². The second kappa shape index (κ2) is 3.21. The minimum absolute atomic E-state index is 0.218. The van der Waals surface area contributed by atoms with Gasteiger partial charge in [-0.2, -0.15) is 0 Å². The highest BCUT2D eigenvalue weighted by Gasteiger charge is 2.25. The molecule has 14 heavy (non-hydrogen) atoms. The fraction of sp³-hybridized carbons (Fsp3) is 0.300. The van der Waals surface area contributed by atoms with E-state index in [0.717, 1.165) is 12.0 Å². The van der Waals surface area contributed by atoms with Crippen LogP contribution in [0.4, 0.5) is 11.4 Å². The van der Waals surface area contributed by atoms with Gasteiger partial charge in [-0.1, -0.05) is 6.07 Å². The van der Waals surface area contributed by atoms with Crippen molar-refractivity contribution in [1.82, 2.24) is 0 Å². The van der Waals surface area contributed by atoms with Crippen molar-refractivity contribution in [3.8, 4) is 5.75 Å². The molecule has 4 heteroatoms. The molecular formula is C10H12N2O2. The Hall–Kier alpha value is -1.71. The molecule has 2 N–H and O–H groups in total. The summed E-state index contributed by atoms with van der Waals surface area (Å²) in [7, 11) is 1.86. The van der Waals surface area contributed by atoms with Crippen LogP contribution in [0.1, 0.15) is 0 Å². The highest BCUT2D eigenvalue weighted by molar-refractivity contribution is 5.76. The summed E-state index contributed by atoms with van der Waals surface area (Å²) in [5.74, 6) is 0.674. The molecule has 1 aliphatic heterocycles. The molecule has 0 aliphatic carbocycles. The maximum Gasteiger partial charge on any atom is 0.165 e. The third-order valence-corrected chi connectivity index (χ3v) is 2.46. The molecule has 0 spiro atoms. The lowest BCUT2D eigenvalue weighted by Crippen LogP contribution is -2.41. The predicted octanol–water partition coefficient (Wildman–Crippen LogP) is 0.665. The summed E-state index contributed by atoms with van der Waals surface area (Å²) < 4.78 is 5.43. The summed E-state index contributed by atoms with van der Waals surface area (Å²) in [6.45, 7) is 0.362. The zero-order valence-electron chi connectivity index (χ0n) is 7.93. The number of fused-ring (bicyclic) bond motifs is 1. The molecule has 0 saturated carbocycles. The van der Waals surface area contributed by atoms with Gasteiger partial charge in [0, 0.05) is 7.05 Å². The molecule has 0 bridgehead atoms. The number of carbonyl (C=O) groups excluding carboxylic acids is 1. The monoisotopic (exact) mass is 192 g/mol. The maximum atomic E-state index is 10.7. The van der Waals surface area contributed by atoms with Crippen LogP contribution >= 0.6 is 0 Å².